The van der Waals surface area contributed by atoms with Gasteiger partial charge in [-0.15, -0.1) is 0 Å². The van der Waals surface area contributed by atoms with Gasteiger partial charge in [0.2, 0.25) is 0 Å². The van der Waals surface area contributed by atoms with E-state index in [1.807, 2.05) is 6.92 Å². The average Bonchev–Trinajstić information content (AvgIpc) is 2.65. The van der Waals surface area contributed by atoms with Gasteiger partial charge in [-0.1, -0.05) is 0 Å². The molecule has 0 aliphatic carbocycles. The molecule has 2 heterocycles. The number of aromatic nitrogens is 2. The SMILES string of the molecule is CCn1ncc(OC)c1C(=O)CC1CNC1. The van der Waals surface area contributed by atoms with Gasteiger partial charge in [0.05, 0.1) is 13.3 Å². The van der Waals surface area contributed by atoms with Crippen LogP contribution in [-0.4, -0.2) is 35.8 Å². The Morgan fingerprint density at radius 3 is 2.94 bits per heavy atom. The summed E-state index contributed by atoms with van der Waals surface area (Å²) in [5, 5.41) is 7.30. The lowest BCUT2D eigenvalue weighted by Crippen LogP contribution is -2.43. The highest BCUT2D eigenvalue weighted by Gasteiger charge is 2.25. The Bertz CT molecular complexity index is 361. The number of hydrogen-bond donors (Lipinski definition) is 1. The summed E-state index contributed by atoms with van der Waals surface area (Å²) < 4.78 is 6.86. The van der Waals surface area contributed by atoms with Crippen LogP contribution < -0.4 is 10.1 Å². The van der Waals surface area contributed by atoms with Crippen molar-refractivity contribution in [1.29, 1.82) is 0 Å². The quantitative estimate of drug-likeness (QED) is 0.747. The first kappa shape index (κ1) is 11.1. The van der Waals surface area contributed by atoms with Crippen LogP contribution >= 0.6 is 0 Å². The maximum atomic E-state index is 12.1. The maximum Gasteiger partial charge on any atom is 0.185 e. The summed E-state index contributed by atoms with van der Waals surface area (Å²) in [5.74, 6) is 1.18. The highest BCUT2D eigenvalue weighted by molar-refractivity contribution is 5.97. The summed E-state index contributed by atoms with van der Waals surface area (Å²) in [6.45, 7) is 4.53. The number of rotatable bonds is 5. The molecule has 0 atom stereocenters. The molecule has 1 aromatic rings. The number of nitrogens with one attached hydrogen (secondary N) is 1. The zero-order valence-electron chi connectivity index (χ0n) is 9.69. The summed E-state index contributed by atoms with van der Waals surface area (Å²) in [6.07, 6.45) is 2.19. The summed E-state index contributed by atoms with van der Waals surface area (Å²) in [5.41, 5.74) is 0.608. The number of ether oxygens (including phenoxy) is 1. The predicted molar refractivity (Wildman–Crippen MR) is 59.8 cm³/mol. The second-order valence-corrected chi connectivity index (χ2v) is 4.03. The molecular formula is C11H17N3O2. The van der Waals surface area contributed by atoms with Crippen molar-refractivity contribution in [1.82, 2.24) is 15.1 Å². The molecule has 0 saturated carbocycles. The number of hydrogen-bond acceptors (Lipinski definition) is 4. The molecule has 1 aliphatic heterocycles. The zero-order chi connectivity index (χ0) is 11.5. The Kier molecular flexibility index (Phi) is 3.24. The third kappa shape index (κ3) is 1.95. The summed E-state index contributed by atoms with van der Waals surface area (Å²) in [4.78, 5) is 12.1. The first-order valence-corrected chi connectivity index (χ1v) is 5.60. The number of Topliss-reactive ketones (excluding diaryl/α,β-unsaturated/α-hetero) is 1. The second-order valence-electron chi connectivity index (χ2n) is 4.03. The topological polar surface area (TPSA) is 56.2 Å². The summed E-state index contributed by atoms with van der Waals surface area (Å²) >= 11 is 0. The molecule has 0 unspecified atom stereocenters. The Morgan fingerprint density at radius 1 is 1.69 bits per heavy atom. The van der Waals surface area contributed by atoms with Crippen molar-refractivity contribution in [2.45, 2.75) is 19.9 Å². The van der Waals surface area contributed by atoms with E-state index in [4.69, 9.17) is 4.74 Å². The van der Waals surface area contributed by atoms with Crippen LogP contribution in [0.15, 0.2) is 6.20 Å². The molecule has 0 spiro atoms. The molecule has 0 radical (unpaired) electrons. The van der Waals surface area contributed by atoms with Crippen LogP contribution in [0.3, 0.4) is 0 Å². The second kappa shape index (κ2) is 4.65. The van der Waals surface area contributed by atoms with Crippen molar-refractivity contribution in [2.75, 3.05) is 20.2 Å². The predicted octanol–water partition coefficient (Wildman–Crippen LogP) is 0.704. The Hall–Kier alpha value is -1.36. The molecule has 1 N–H and O–H groups in total. The van der Waals surface area contributed by atoms with Crippen molar-refractivity contribution in [3.63, 3.8) is 0 Å². The molecule has 2 rings (SSSR count). The van der Waals surface area contributed by atoms with Gasteiger partial charge in [0.25, 0.3) is 0 Å². The first-order chi connectivity index (χ1) is 7.76. The Balaban J connectivity index is 2.15. The molecule has 0 bridgehead atoms. The monoisotopic (exact) mass is 223 g/mol. The minimum Gasteiger partial charge on any atom is -0.493 e. The smallest absolute Gasteiger partial charge is 0.185 e. The van der Waals surface area contributed by atoms with Crippen molar-refractivity contribution in [3.05, 3.63) is 11.9 Å². The van der Waals surface area contributed by atoms with Gasteiger partial charge in [-0.3, -0.25) is 9.48 Å². The van der Waals surface area contributed by atoms with Gasteiger partial charge in [-0.2, -0.15) is 5.10 Å². The van der Waals surface area contributed by atoms with Crippen LogP contribution in [0.4, 0.5) is 0 Å². The van der Waals surface area contributed by atoms with E-state index in [2.05, 4.69) is 10.4 Å². The fraction of sp³-hybridized carbons (Fsp3) is 0.636. The van der Waals surface area contributed by atoms with Gasteiger partial charge < -0.3 is 10.1 Å². The molecule has 88 valence electrons. The van der Waals surface area contributed by atoms with E-state index >= 15 is 0 Å². The van der Waals surface area contributed by atoms with Crippen molar-refractivity contribution < 1.29 is 9.53 Å². The lowest BCUT2D eigenvalue weighted by molar-refractivity contribution is 0.0932. The zero-order valence-corrected chi connectivity index (χ0v) is 9.69. The highest BCUT2D eigenvalue weighted by Crippen LogP contribution is 2.22. The molecule has 1 fully saturated rings. The maximum absolute atomic E-state index is 12.1. The Labute approximate surface area is 94.8 Å². The largest absolute Gasteiger partial charge is 0.493 e. The third-order valence-electron chi connectivity index (χ3n) is 2.93. The fourth-order valence-electron chi connectivity index (χ4n) is 1.89. The van der Waals surface area contributed by atoms with Crippen molar-refractivity contribution >= 4 is 5.78 Å². The number of aryl methyl sites for hydroxylation is 1. The van der Waals surface area contributed by atoms with E-state index < -0.39 is 0 Å². The van der Waals surface area contributed by atoms with Crippen LogP contribution in [0, 0.1) is 5.92 Å². The van der Waals surface area contributed by atoms with Crippen LogP contribution in [-0.2, 0) is 6.54 Å². The fourth-order valence-corrected chi connectivity index (χ4v) is 1.89. The van der Waals surface area contributed by atoms with E-state index in [9.17, 15) is 4.79 Å². The van der Waals surface area contributed by atoms with Gasteiger partial charge in [0, 0.05) is 13.0 Å². The molecule has 5 nitrogen and oxygen atoms in total. The number of carbonyl (C=O) groups excluding carboxylic acids is 1. The number of carbonyl (C=O) groups is 1. The number of nitrogens with zero attached hydrogens (tertiary/aromatic N) is 2. The van der Waals surface area contributed by atoms with Gasteiger partial charge in [0.15, 0.2) is 11.5 Å². The molecule has 16 heavy (non-hydrogen) atoms. The van der Waals surface area contributed by atoms with Crippen LogP contribution in [0.1, 0.15) is 23.8 Å². The van der Waals surface area contributed by atoms with Crippen LogP contribution in [0.25, 0.3) is 0 Å². The first-order valence-electron chi connectivity index (χ1n) is 5.60. The molecule has 0 amide bonds. The van der Waals surface area contributed by atoms with Gasteiger partial charge in [0.1, 0.15) is 5.69 Å². The Morgan fingerprint density at radius 2 is 2.44 bits per heavy atom. The van der Waals surface area contributed by atoms with Gasteiger partial charge in [-0.25, -0.2) is 0 Å². The van der Waals surface area contributed by atoms with E-state index in [-0.39, 0.29) is 5.78 Å². The van der Waals surface area contributed by atoms with Crippen molar-refractivity contribution in [3.8, 4) is 5.75 Å². The third-order valence-corrected chi connectivity index (χ3v) is 2.93. The minimum absolute atomic E-state index is 0.128. The number of ketones is 1. The normalized spacial score (nSPS) is 15.9. The number of methoxy groups -OCH3 is 1. The lowest BCUT2D eigenvalue weighted by atomic mass is 9.95. The molecule has 1 saturated heterocycles. The molecular weight excluding hydrogens is 206 g/mol. The molecule has 1 aromatic heterocycles. The lowest BCUT2D eigenvalue weighted by Gasteiger charge is -2.26. The van der Waals surface area contributed by atoms with Gasteiger partial charge in [-0.05, 0) is 25.9 Å². The highest BCUT2D eigenvalue weighted by atomic mass is 16.5. The summed E-state index contributed by atoms with van der Waals surface area (Å²) in [6, 6.07) is 0. The molecule has 5 heteroatoms. The van der Waals surface area contributed by atoms with Gasteiger partial charge >= 0.3 is 0 Å². The molecule has 1 aliphatic rings. The molecule has 0 aromatic carbocycles. The standard InChI is InChI=1S/C11H17N3O2/c1-3-14-11(10(16-2)7-13-14)9(15)4-8-5-12-6-8/h7-8,12H,3-6H2,1-2H3. The van der Waals surface area contributed by atoms with Crippen LogP contribution in [0.2, 0.25) is 0 Å². The van der Waals surface area contributed by atoms with Crippen LogP contribution in [0.5, 0.6) is 5.75 Å². The van der Waals surface area contributed by atoms with E-state index in [1.165, 1.54) is 0 Å². The van der Waals surface area contributed by atoms with Crippen molar-refractivity contribution in [2.24, 2.45) is 5.92 Å². The average molecular weight is 223 g/mol. The van der Waals surface area contributed by atoms with E-state index in [1.54, 1.807) is 18.0 Å². The minimum atomic E-state index is 0.128. The van der Waals surface area contributed by atoms with E-state index in [0.29, 0.717) is 30.3 Å². The summed E-state index contributed by atoms with van der Waals surface area (Å²) in [7, 11) is 1.57. The van der Waals surface area contributed by atoms with E-state index in [0.717, 1.165) is 13.1 Å².